The first-order chi connectivity index (χ1) is 7.13. The van der Waals surface area contributed by atoms with Crippen molar-refractivity contribution in [1.29, 1.82) is 0 Å². The van der Waals surface area contributed by atoms with Gasteiger partial charge in [-0.05, 0) is 32.7 Å². The van der Waals surface area contributed by atoms with E-state index < -0.39 is 0 Å². The topological polar surface area (TPSA) is 24.9 Å². The number of nitrogens with one attached hydrogen (secondary N) is 1. The van der Waals surface area contributed by atoms with Gasteiger partial charge in [-0.1, -0.05) is 20.3 Å². The number of nitrogens with zero attached hydrogens (tertiary/aromatic N) is 1. The minimum atomic E-state index is 0.782. The number of hydrogen-bond donors (Lipinski definition) is 1. The molecule has 15 heavy (non-hydrogen) atoms. The highest BCUT2D eigenvalue weighted by atomic mass is 32.1. The molecular weight excluding hydrogens is 204 g/mol. The molecule has 86 valence electrons. The van der Waals surface area contributed by atoms with E-state index in [1.807, 2.05) is 0 Å². The summed E-state index contributed by atoms with van der Waals surface area (Å²) in [5.74, 6) is 0.782. The van der Waals surface area contributed by atoms with Gasteiger partial charge in [0.1, 0.15) is 0 Å². The molecule has 1 aromatic rings. The zero-order chi connectivity index (χ0) is 11.3. The molecule has 1 N–H and O–H groups in total. The summed E-state index contributed by atoms with van der Waals surface area (Å²) in [6, 6.07) is 0. The molecule has 0 aliphatic heterocycles. The summed E-state index contributed by atoms with van der Waals surface area (Å²) >= 11 is 1.81. The van der Waals surface area contributed by atoms with Crippen molar-refractivity contribution in [1.82, 2.24) is 10.3 Å². The molecule has 0 aliphatic rings. The molecule has 3 heteroatoms. The van der Waals surface area contributed by atoms with Gasteiger partial charge in [-0.25, -0.2) is 4.98 Å². The summed E-state index contributed by atoms with van der Waals surface area (Å²) in [5, 5.41) is 4.68. The Labute approximate surface area is 97.1 Å². The van der Waals surface area contributed by atoms with Crippen LogP contribution in [0, 0.1) is 19.8 Å². The fourth-order valence-electron chi connectivity index (χ4n) is 1.76. The fraction of sp³-hybridized carbons (Fsp3) is 0.750. The lowest BCUT2D eigenvalue weighted by Crippen LogP contribution is -2.20. The molecule has 1 atom stereocenters. The molecule has 0 saturated heterocycles. The first kappa shape index (κ1) is 12.7. The zero-order valence-electron chi connectivity index (χ0n) is 10.3. The Morgan fingerprint density at radius 2 is 2.13 bits per heavy atom. The van der Waals surface area contributed by atoms with Crippen molar-refractivity contribution in [2.45, 2.75) is 47.1 Å². The van der Waals surface area contributed by atoms with Crippen LogP contribution in [0.2, 0.25) is 0 Å². The molecule has 1 aromatic heterocycles. The van der Waals surface area contributed by atoms with Gasteiger partial charge >= 0.3 is 0 Å². The Kier molecular flexibility index (Phi) is 5.26. The van der Waals surface area contributed by atoms with Gasteiger partial charge in [-0.2, -0.15) is 0 Å². The van der Waals surface area contributed by atoms with E-state index in [1.54, 1.807) is 11.3 Å². The number of rotatable bonds is 6. The van der Waals surface area contributed by atoms with E-state index in [-0.39, 0.29) is 0 Å². The molecule has 0 aromatic carbocycles. The van der Waals surface area contributed by atoms with E-state index in [4.69, 9.17) is 0 Å². The number of aryl methyl sites for hydroxylation is 2. The maximum absolute atomic E-state index is 4.42. The molecule has 0 spiro atoms. The number of hydrogen-bond acceptors (Lipinski definition) is 3. The highest BCUT2D eigenvalue weighted by Gasteiger charge is 2.05. The van der Waals surface area contributed by atoms with Gasteiger partial charge in [0.25, 0.3) is 0 Å². The summed E-state index contributed by atoms with van der Waals surface area (Å²) in [5.41, 5.74) is 1.19. The van der Waals surface area contributed by atoms with Crippen LogP contribution in [0.5, 0.6) is 0 Å². The second kappa shape index (κ2) is 6.23. The summed E-state index contributed by atoms with van der Waals surface area (Å²) in [6.07, 6.45) is 2.59. The lowest BCUT2D eigenvalue weighted by molar-refractivity contribution is 0.476. The Morgan fingerprint density at radius 1 is 1.40 bits per heavy atom. The van der Waals surface area contributed by atoms with Crippen LogP contribution >= 0.6 is 11.3 Å². The quantitative estimate of drug-likeness (QED) is 0.805. The van der Waals surface area contributed by atoms with Crippen LogP contribution in [0.3, 0.4) is 0 Å². The first-order valence-corrected chi connectivity index (χ1v) is 6.58. The largest absolute Gasteiger partial charge is 0.312 e. The van der Waals surface area contributed by atoms with Gasteiger partial charge in [0.05, 0.1) is 10.7 Å². The van der Waals surface area contributed by atoms with E-state index in [2.05, 4.69) is 38.0 Å². The molecule has 0 aliphatic carbocycles. The van der Waals surface area contributed by atoms with Crippen molar-refractivity contribution in [3.8, 4) is 0 Å². The monoisotopic (exact) mass is 226 g/mol. The second-order valence-corrected chi connectivity index (χ2v) is 5.55. The molecule has 2 nitrogen and oxygen atoms in total. The van der Waals surface area contributed by atoms with Crippen molar-refractivity contribution in [3.63, 3.8) is 0 Å². The van der Waals surface area contributed by atoms with E-state index >= 15 is 0 Å². The van der Waals surface area contributed by atoms with Crippen LogP contribution in [0.1, 0.15) is 42.3 Å². The van der Waals surface area contributed by atoms with Gasteiger partial charge in [0.2, 0.25) is 0 Å². The summed E-state index contributed by atoms with van der Waals surface area (Å²) in [4.78, 5) is 5.81. The first-order valence-electron chi connectivity index (χ1n) is 5.77. The number of aromatic nitrogens is 1. The van der Waals surface area contributed by atoms with Crippen molar-refractivity contribution >= 4 is 11.3 Å². The van der Waals surface area contributed by atoms with Crippen LogP contribution in [-0.4, -0.2) is 11.5 Å². The van der Waals surface area contributed by atoms with Gasteiger partial charge in [0.15, 0.2) is 0 Å². The lowest BCUT2D eigenvalue weighted by Gasteiger charge is -2.10. The van der Waals surface area contributed by atoms with Crippen molar-refractivity contribution in [2.75, 3.05) is 6.54 Å². The predicted molar refractivity (Wildman–Crippen MR) is 67.4 cm³/mol. The van der Waals surface area contributed by atoms with E-state index in [9.17, 15) is 0 Å². The zero-order valence-corrected chi connectivity index (χ0v) is 11.1. The van der Waals surface area contributed by atoms with Gasteiger partial charge in [0, 0.05) is 11.4 Å². The lowest BCUT2D eigenvalue weighted by atomic mass is 10.1. The predicted octanol–water partition coefficient (Wildman–Crippen LogP) is 3.29. The minimum Gasteiger partial charge on any atom is -0.312 e. The third-order valence-electron chi connectivity index (χ3n) is 2.56. The summed E-state index contributed by atoms with van der Waals surface area (Å²) in [6.45, 7) is 10.8. The molecule has 0 fully saturated rings. The van der Waals surface area contributed by atoms with Crippen LogP contribution in [0.25, 0.3) is 0 Å². The van der Waals surface area contributed by atoms with Crippen LogP contribution < -0.4 is 5.32 Å². The third-order valence-corrected chi connectivity index (χ3v) is 3.63. The Morgan fingerprint density at radius 3 is 2.67 bits per heavy atom. The van der Waals surface area contributed by atoms with E-state index in [1.165, 1.54) is 28.4 Å². The van der Waals surface area contributed by atoms with Crippen molar-refractivity contribution in [2.24, 2.45) is 5.92 Å². The van der Waals surface area contributed by atoms with Crippen molar-refractivity contribution in [3.05, 3.63) is 15.6 Å². The minimum absolute atomic E-state index is 0.782. The molecule has 0 bridgehead atoms. The average Bonchev–Trinajstić information content (AvgIpc) is 2.46. The van der Waals surface area contributed by atoms with E-state index in [0.29, 0.717) is 0 Å². The molecule has 0 saturated carbocycles. The molecule has 0 amide bonds. The highest BCUT2D eigenvalue weighted by Crippen LogP contribution is 2.16. The summed E-state index contributed by atoms with van der Waals surface area (Å²) in [7, 11) is 0. The Balaban J connectivity index is 2.28. The van der Waals surface area contributed by atoms with Gasteiger partial charge < -0.3 is 5.32 Å². The SMILES string of the molecule is CCCC(C)CNCc1sc(C)nc1C. The average molecular weight is 226 g/mol. The van der Waals surface area contributed by atoms with Gasteiger partial charge in [-0.3, -0.25) is 0 Å². The Bertz CT molecular complexity index is 294. The molecule has 1 rings (SSSR count). The second-order valence-electron chi connectivity index (χ2n) is 4.27. The molecule has 0 radical (unpaired) electrons. The molecule has 1 heterocycles. The summed E-state index contributed by atoms with van der Waals surface area (Å²) < 4.78 is 0. The van der Waals surface area contributed by atoms with Crippen LogP contribution in [0.15, 0.2) is 0 Å². The molecular formula is C12H22N2S. The maximum Gasteiger partial charge on any atom is 0.0900 e. The van der Waals surface area contributed by atoms with Gasteiger partial charge in [-0.15, -0.1) is 11.3 Å². The fourth-order valence-corrected chi connectivity index (χ4v) is 2.67. The van der Waals surface area contributed by atoms with Crippen LogP contribution in [0.4, 0.5) is 0 Å². The molecule has 1 unspecified atom stereocenters. The smallest absolute Gasteiger partial charge is 0.0900 e. The Hall–Kier alpha value is -0.410. The maximum atomic E-state index is 4.42. The third kappa shape index (κ3) is 4.31. The standard InChI is InChI=1S/C12H22N2S/c1-5-6-9(2)7-13-8-12-10(3)14-11(4)15-12/h9,13H,5-8H2,1-4H3. The highest BCUT2D eigenvalue weighted by molar-refractivity contribution is 7.11. The van der Waals surface area contributed by atoms with E-state index in [0.717, 1.165) is 19.0 Å². The van der Waals surface area contributed by atoms with Crippen molar-refractivity contribution < 1.29 is 0 Å². The van der Waals surface area contributed by atoms with Crippen LogP contribution in [-0.2, 0) is 6.54 Å². The number of thiazole rings is 1. The normalized spacial score (nSPS) is 13.1.